The molecule has 5 amide bonds. The second-order valence-corrected chi connectivity index (χ2v) is 19.8. The minimum atomic E-state index is -3.59. The molecule has 4 fully saturated rings. The van der Waals surface area contributed by atoms with Crippen molar-refractivity contribution in [3.8, 4) is 12.3 Å². The van der Waals surface area contributed by atoms with Gasteiger partial charge < -0.3 is 30.9 Å². The molecule has 0 aromatic carbocycles. The van der Waals surface area contributed by atoms with Crippen molar-refractivity contribution in [2.24, 2.45) is 11.8 Å². The standard InChI is InChI=1S/C39H61N5O8S/c1-8-10-19-28(32(45)34(47)40-22-9-2)41-33(46)31-27-23-38(6,7)52-29(27)24-44(31)35(48)30(26-17-13-11-14-18-26)42-36(49)43-39(20-15-12-16-21-39)25-53(50,51)37(3,4)5/h1,9,26-31H,2,10-25H2,3-7H3,(H,40,47)(H,41,46)(H2,42,43,49)/t27-,28?,29?,30-,31-/m0/s1. The molecule has 2 heterocycles. The molecule has 296 valence electrons. The quantitative estimate of drug-likeness (QED) is 0.118. The van der Waals surface area contributed by atoms with Crippen LogP contribution in [0.25, 0.3) is 0 Å². The SMILES string of the molecule is C#CCCC(NC(=O)[C@@H]1[C@H]2CC(C)(C)OC2CN1C(=O)[C@@H](NC(=O)NC1(CS(=O)(=O)C(C)(C)C)CCCCC1)C1CCCCC1)C(=O)C(=O)NCC=C. The highest BCUT2D eigenvalue weighted by atomic mass is 32.2. The van der Waals surface area contributed by atoms with Crippen molar-refractivity contribution in [1.82, 2.24) is 26.2 Å². The van der Waals surface area contributed by atoms with Crippen molar-refractivity contribution in [2.75, 3.05) is 18.8 Å². The number of carbonyl (C=O) groups excluding carboxylic acids is 5. The molecule has 4 aliphatic rings. The van der Waals surface area contributed by atoms with Gasteiger partial charge in [0.15, 0.2) is 9.84 Å². The first-order valence-electron chi connectivity index (χ1n) is 19.3. The van der Waals surface area contributed by atoms with Gasteiger partial charge in [-0.3, -0.25) is 19.2 Å². The van der Waals surface area contributed by atoms with E-state index in [1.165, 1.54) is 11.0 Å². The predicted octanol–water partition coefficient (Wildman–Crippen LogP) is 3.31. The first-order chi connectivity index (χ1) is 24.8. The normalized spacial score (nSPS) is 25.2. The summed E-state index contributed by atoms with van der Waals surface area (Å²) in [6, 6.07) is -3.85. The molecule has 2 aliphatic heterocycles. The lowest BCUT2D eigenvalue weighted by Gasteiger charge is -2.41. The van der Waals surface area contributed by atoms with Gasteiger partial charge in [-0.1, -0.05) is 44.6 Å². The number of sulfone groups is 1. The third kappa shape index (κ3) is 10.4. The molecule has 5 atom stereocenters. The molecular formula is C39H61N5O8S. The first-order valence-corrected chi connectivity index (χ1v) is 20.9. The topological polar surface area (TPSA) is 180 Å². The van der Waals surface area contributed by atoms with Gasteiger partial charge in [0, 0.05) is 25.4 Å². The lowest BCUT2D eigenvalue weighted by molar-refractivity contribution is -0.144. The Morgan fingerprint density at radius 1 is 1.02 bits per heavy atom. The summed E-state index contributed by atoms with van der Waals surface area (Å²) in [4.78, 5) is 70.4. The molecule has 0 bridgehead atoms. The fraction of sp³-hybridized carbons (Fsp3) is 0.769. The fourth-order valence-corrected chi connectivity index (χ4v) is 10.1. The Bertz CT molecular complexity index is 1530. The molecule has 0 radical (unpaired) electrons. The molecule has 2 saturated heterocycles. The molecular weight excluding hydrogens is 699 g/mol. The van der Waals surface area contributed by atoms with E-state index in [1.54, 1.807) is 20.8 Å². The number of Topliss-reactive ketones (excluding diaryl/α,β-unsaturated/α-hetero) is 1. The Labute approximate surface area is 315 Å². The van der Waals surface area contributed by atoms with Crippen LogP contribution < -0.4 is 21.3 Å². The largest absolute Gasteiger partial charge is 0.370 e. The van der Waals surface area contributed by atoms with E-state index in [0.29, 0.717) is 32.1 Å². The Morgan fingerprint density at radius 2 is 1.66 bits per heavy atom. The van der Waals surface area contributed by atoms with Crippen molar-refractivity contribution in [1.29, 1.82) is 0 Å². The summed E-state index contributed by atoms with van der Waals surface area (Å²) in [6.07, 6.45) is 14.7. The van der Waals surface area contributed by atoms with Crippen LogP contribution in [0.15, 0.2) is 12.7 Å². The van der Waals surface area contributed by atoms with E-state index in [9.17, 15) is 32.4 Å². The second kappa shape index (κ2) is 17.4. The highest BCUT2D eigenvalue weighted by molar-refractivity contribution is 7.92. The van der Waals surface area contributed by atoms with Crippen LogP contribution in [0.3, 0.4) is 0 Å². The van der Waals surface area contributed by atoms with Gasteiger partial charge in [0.1, 0.15) is 12.1 Å². The zero-order valence-corrected chi connectivity index (χ0v) is 33.1. The Hall–Kier alpha value is -3.44. The number of amides is 5. The lowest BCUT2D eigenvalue weighted by Crippen LogP contribution is -2.63. The van der Waals surface area contributed by atoms with Crippen molar-refractivity contribution < 1.29 is 37.1 Å². The number of terminal acetylenes is 1. The summed E-state index contributed by atoms with van der Waals surface area (Å²) in [5.74, 6) is -1.11. The summed E-state index contributed by atoms with van der Waals surface area (Å²) in [6.45, 7) is 12.5. The number of urea groups is 1. The van der Waals surface area contributed by atoms with Crippen LogP contribution in [0.4, 0.5) is 4.79 Å². The molecule has 2 unspecified atom stereocenters. The minimum absolute atomic E-state index is 0.0262. The molecule has 2 saturated carbocycles. The van der Waals surface area contributed by atoms with E-state index in [4.69, 9.17) is 11.2 Å². The van der Waals surface area contributed by atoms with Gasteiger partial charge in [-0.2, -0.15) is 0 Å². The van der Waals surface area contributed by atoms with Crippen LogP contribution in [-0.4, -0.2) is 102 Å². The summed E-state index contributed by atoms with van der Waals surface area (Å²) in [7, 11) is -3.59. The highest BCUT2D eigenvalue weighted by Crippen LogP contribution is 2.44. The number of rotatable bonds is 14. The summed E-state index contributed by atoms with van der Waals surface area (Å²) in [5, 5.41) is 11.2. The van der Waals surface area contributed by atoms with E-state index in [1.807, 2.05) is 13.8 Å². The number of nitrogens with one attached hydrogen (secondary N) is 4. The van der Waals surface area contributed by atoms with E-state index in [-0.39, 0.29) is 37.6 Å². The summed E-state index contributed by atoms with van der Waals surface area (Å²) >= 11 is 0. The van der Waals surface area contributed by atoms with Crippen molar-refractivity contribution in [2.45, 2.75) is 158 Å². The zero-order chi connectivity index (χ0) is 39.2. The van der Waals surface area contributed by atoms with Crippen LogP contribution in [-0.2, 0) is 33.8 Å². The maximum atomic E-state index is 14.8. The number of ketones is 1. The first kappa shape index (κ1) is 42.3. The number of hydrogen-bond donors (Lipinski definition) is 4. The minimum Gasteiger partial charge on any atom is -0.370 e. The van der Waals surface area contributed by atoms with Crippen LogP contribution >= 0.6 is 0 Å². The van der Waals surface area contributed by atoms with Crippen molar-refractivity contribution in [3.63, 3.8) is 0 Å². The van der Waals surface area contributed by atoms with E-state index in [0.717, 1.165) is 38.5 Å². The van der Waals surface area contributed by atoms with Gasteiger partial charge in [0.05, 0.1) is 33.8 Å². The van der Waals surface area contributed by atoms with Crippen LogP contribution in [0.5, 0.6) is 0 Å². The maximum Gasteiger partial charge on any atom is 0.315 e. The summed E-state index contributed by atoms with van der Waals surface area (Å²) in [5.41, 5.74) is -1.53. The van der Waals surface area contributed by atoms with Crippen LogP contribution in [0.1, 0.15) is 118 Å². The van der Waals surface area contributed by atoms with Gasteiger partial charge in [-0.15, -0.1) is 18.9 Å². The maximum absolute atomic E-state index is 14.8. The van der Waals surface area contributed by atoms with E-state index >= 15 is 0 Å². The smallest absolute Gasteiger partial charge is 0.315 e. The van der Waals surface area contributed by atoms with Gasteiger partial charge in [-0.05, 0) is 79.1 Å². The number of likely N-dealkylation sites (tertiary alicyclic amines) is 1. The third-order valence-corrected chi connectivity index (χ3v) is 14.2. The second-order valence-electron chi connectivity index (χ2n) is 17.1. The molecule has 2 aliphatic carbocycles. The fourth-order valence-electron chi connectivity index (χ4n) is 8.56. The molecule has 13 nitrogen and oxygen atoms in total. The van der Waals surface area contributed by atoms with Crippen LogP contribution in [0, 0.1) is 24.2 Å². The van der Waals surface area contributed by atoms with E-state index < -0.39 is 85.4 Å². The van der Waals surface area contributed by atoms with E-state index in [2.05, 4.69) is 33.8 Å². The number of nitrogens with zero attached hydrogens (tertiary/aromatic N) is 1. The lowest BCUT2D eigenvalue weighted by atomic mass is 9.82. The highest BCUT2D eigenvalue weighted by Gasteiger charge is 2.56. The Balaban J connectivity index is 1.63. The molecule has 4 N–H and O–H groups in total. The average molecular weight is 760 g/mol. The summed E-state index contributed by atoms with van der Waals surface area (Å²) < 4.78 is 32.2. The third-order valence-electron chi connectivity index (χ3n) is 11.4. The van der Waals surface area contributed by atoms with Crippen LogP contribution in [0.2, 0.25) is 0 Å². The molecule has 0 spiro atoms. The van der Waals surface area contributed by atoms with Crippen molar-refractivity contribution in [3.05, 3.63) is 12.7 Å². The molecule has 0 aromatic heterocycles. The molecule has 14 heteroatoms. The number of carbonyl (C=O) groups is 5. The predicted molar refractivity (Wildman–Crippen MR) is 202 cm³/mol. The van der Waals surface area contributed by atoms with Gasteiger partial charge >= 0.3 is 6.03 Å². The monoisotopic (exact) mass is 759 g/mol. The number of hydrogen-bond acceptors (Lipinski definition) is 8. The Morgan fingerprint density at radius 3 is 2.26 bits per heavy atom. The number of fused-ring (bicyclic) bond motifs is 1. The molecule has 53 heavy (non-hydrogen) atoms. The average Bonchev–Trinajstić information content (AvgIpc) is 3.58. The Kier molecular flexibility index (Phi) is 13.9. The van der Waals surface area contributed by atoms with Crippen molar-refractivity contribution >= 4 is 39.4 Å². The zero-order valence-electron chi connectivity index (χ0n) is 32.3. The van der Waals surface area contributed by atoms with Gasteiger partial charge in [-0.25, -0.2) is 13.2 Å². The molecule has 4 rings (SSSR count). The molecule has 0 aromatic rings. The number of ether oxygens (including phenoxy) is 1. The van der Waals surface area contributed by atoms with Gasteiger partial charge in [0.2, 0.25) is 17.6 Å². The van der Waals surface area contributed by atoms with Gasteiger partial charge in [0.25, 0.3) is 5.91 Å².